The third-order valence-corrected chi connectivity index (χ3v) is 8.07. The highest BCUT2D eigenvalue weighted by molar-refractivity contribution is 7.92. The van der Waals surface area contributed by atoms with E-state index in [1.54, 1.807) is 36.4 Å². The van der Waals surface area contributed by atoms with E-state index in [1.807, 2.05) is 56.3 Å². The van der Waals surface area contributed by atoms with Gasteiger partial charge in [0.25, 0.3) is 0 Å². The quantitative estimate of drug-likeness (QED) is 0.263. The maximum Gasteiger partial charge on any atom is 0.244 e. The molecule has 0 aliphatic heterocycles. The fourth-order valence-electron chi connectivity index (χ4n) is 4.49. The molecule has 214 valence electrons. The van der Waals surface area contributed by atoms with Gasteiger partial charge in [0.15, 0.2) is 0 Å². The number of amides is 2. The van der Waals surface area contributed by atoms with Crippen LogP contribution in [0.15, 0.2) is 78.9 Å². The zero-order valence-corrected chi connectivity index (χ0v) is 24.9. The third-order valence-electron chi connectivity index (χ3n) is 6.69. The van der Waals surface area contributed by atoms with Crippen LogP contribution in [0.2, 0.25) is 5.02 Å². The summed E-state index contributed by atoms with van der Waals surface area (Å²) in [7, 11) is -3.81. The lowest BCUT2D eigenvalue weighted by molar-refractivity contribution is -0.140. The van der Waals surface area contributed by atoms with Crippen LogP contribution in [0.5, 0.6) is 0 Å². The topological polar surface area (TPSA) is 86.8 Å². The summed E-state index contributed by atoms with van der Waals surface area (Å²) in [4.78, 5) is 29.2. The number of anilines is 1. The van der Waals surface area contributed by atoms with Gasteiger partial charge in [-0.1, -0.05) is 92.5 Å². The fraction of sp³-hybridized carbons (Fsp3) is 0.355. The second kappa shape index (κ2) is 14.9. The largest absolute Gasteiger partial charge is 0.354 e. The van der Waals surface area contributed by atoms with E-state index in [-0.39, 0.29) is 18.9 Å². The minimum absolute atomic E-state index is 0.113. The van der Waals surface area contributed by atoms with Crippen molar-refractivity contribution in [2.45, 2.75) is 52.1 Å². The van der Waals surface area contributed by atoms with E-state index in [0.717, 1.165) is 40.1 Å². The van der Waals surface area contributed by atoms with Crippen molar-refractivity contribution in [3.05, 3.63) is 101 Å². The van der Waals surface area contributed by atoms with Crippen LogP contribution in [0, 0.1) is 0 Å². The van der Waals surface area contributed by atoms with Gasteiger partial charge >= 0.3 is 0 Å². The number of nitrogens with zero attached hydrogens (tertiary/aromatic N) is 2. The van der Waals surface area contributed by atoms with E-state index in [4.69, 9.17) is 11.6 Å². The fourth-order valence-corrected chi connectivity index (χ4v) is 5.50. The Kier molecular flexibility index (Phi) is 11.6. The number of aryl methyl sites for hydroxylation is 1. The summed E-state index contributed by atoms with van der Waals surface area (Å²) in [5.74, 6) is -0.752. The van der Waals surface area contributed by atoms with Gasteiger partial charge in [0.05, 0.1) is 11.9 Å². The first-order valence-electron chi connectivity index (χ1n) is 13.5. The first-order chi connectivity index (χ1) is 19.1. The Hall–Kier alpha value is -3.36. The van der Waals surface area contributed by atoms with Crippen LogP contribution in [0.25, 0.3) is 0 Å². The molecule has 7 nitrogen and oxygen atoms in total. The first kappa shape index (κ1) is 31.2. The molecule has 0 aliphatic rings. The van der Waals surface area contributed by atoms with Gasteiger partial charge in [-0.15, -0.1) is 0 Å². The molecule has 2 amide bonds. The monoisotopic (exact) mass is 583 g/mol. The van der Waals surface area contributed by atoms with Gasteiger partial charge < -0.3 is 10.2 Å². The molecule has 3 aromatic rings. The maximum absolute atomic E-state index is 14.1. The average Bonchev–Trinajstić information content (AvgIpc) is 2.94. The zero-order chi connectivity index (χ0) is 29.1. The average molecular weight is 584 g/mol. The number of hydrogen-bond acceptors (Lipinski definition) is 4. The van der Waals surface area contributed by atoms with Gasteiger partial charge in [0.2, 0.25) is 21.8 Å². The number of unbranched alkanes of at least 4 members (excludes halogenated alkanes) is 1. The van der Waals surface area contributed by atoms with E-state index in [9.17, 15) is 18.0 Å². The highest BCUT2D eigenvalue weighted by Gasteiger charge is 2.33. The standard InChI is InChI=1S/C31H38ClN3O4S/c1-4-6-20-33-31(37)29(21-24-12-8-7-9-13-24)34(22-25-16-18-27(32)19-17-25)30(36)23-35(40(3,38)39)28-15-11-10-14-26(28)5-2/h7-19,29H,4-6,20-23H2,1-3H3,(H,33,37)/t29-/m1/s1. The SMILES string of the molecule is CCCCNC(=O)[C@@H](Cc1ccccc1)N(Cc1ccc(Cl)cc1)C(=O)CN(c1ccccc1CC)S(C)(=O)=O. The number of hydrogen-bond donors (Lipinski definition) is 1. The molecule has 0 aliphatic carbocycles. The van der Waals surface area contributed by atoms with Crippen molar-refractivity contribution < 1.29 is 18.0 Å². The number of halogens is 1. The van der Waals surface area contributed by atoms with Crippen molar-refractivity contribution in [2.75, 3.05) is 23.7 Å². The maximum atomic E-state index is 14.1. The predicted molar refractivity (Wildman–Crippen MR) is 162 cm³/mol. The Bertz CT molecular complexity index is 1360. The molecule has 0 heterocycles. The molecule has 0 saturated carbocycles. The van der Waals surface area contributed by atoms with Crippen molar-refractivity contribution in [3.8, 4) is 0 Å². The molecule has 40 heavy (non-hydrogen) atoms. The minimum Gasteiger partial charge on any atom is -0.354 e. The van der Waals surface area contributed by atoms with Gasteiger partial charge in [-0.2, -0.15) is 0 Å². The second-order valence-electron chi connectivity index (χ2n) is 9.75. The van der Waals surface area contributed by atoms with Crippen molar-refractivity contribution in [2.24, 2.45) is 0 Å². The smallest absolute Gasteiger partial charge is 0.244 e. The number of carbonyl (C=O) groups is 2. The summed E-state index contributed by atoms with van der Waals surface area (Å²) in [6.45, 7) is 4.14. The normalized spacial score (nSPS) is 12.0. The molecule has 0 aromatic heterocycles. The van der Waals surface area contributed by atoms with E-state index < -0.39 is 28.5 Å². The number of sulfonamides is 1. The summed E-state index contributed by atoms with van der Waals surface area (Å²) in [6, 6.07) is 22.9. The van der Waals surface area contributed by atoms with Crippen LogP contribution < -0.4 is 9.62 Å². The predicted octanol–water partition coefficient (Wildman–Crippen LogP) is 5.22. The van der Waals surface area contributed by atoms with Crippen LogP contribution in [-0.4, -0.2) is 50.5 Å². The van der Waals surface area contributed by atoms with Crippen LogP contribution in [0.3, 0.4) is 0 Å². The summed E-state index contributed by atoms with van der Waals surface area (Å²) < 4.78 is 27.1. The molecule has 0 radical (unpaired) electrons. The van der Waals surface area contributed by atoms with Gasteiger partial charge in [-0.05, 0) is 47.7 Å². The Morgan fingerprint density at radius 2 is 1.55 bits per heavy atom. The van der Waals surface area contributed by atoms with Crippen LogP contribution >= 0.6 is 11.6 Å². The number of nitrogens with one attached hydrogen (secondary N) is 1. The van der Waals surface area contributed by atoms with E-state index >= 15 is 0 Å². The molecule has 3 aromatic carbocycles. The second-order valence-corrected chi connectivity index (χ2v) is 12.1. The van der Waals surface area contributed by atoms with Crippen LogP contribution in [0.4, 0.5) is 5.69 Å². The van der Waals surface area contributed by atoms with E-state index in [1.165, 1.54) is 4.90 Å². The molecule has 0 bridgehead atoms. The molecule has 0 unspecified atom stereocenters. The zero-order valence-electron chi connectivity index (χ0n) is 23.3. The molecule has 0 fully saturated rings. The highest BCUT2D eigenvalue weighted by atomic mass is 35.5. The van der Waals surface area contributed by atoms with Crippen molar-refractivity contribution in [3.63, 3.8) is 0 Å². The summed E-state index contributed by atoms with van der Waals surface area (Å²) in [5.41, 5.74) is 2.93. The van der Waals surface area contributed by atoms with Gasteiger partial charge in [0, 0.05) is 24.5 Å². The van der Waals surface area contributed by atoms with Crippen molar-refractivity contribution >= 4 is 39.1 Å². The molecule has 9 heteroatoms. The number of benzene rings is 3. The van der Waals surface area contributed by atoms with Gasteiger partial charge in [-0.25, -0.2) is 8.42 Å². The van der Waals surface area contributed by atoms with Gasteiger partial charge in [0.1, 0.15) is 12.6 Å². The van der Waals surface area contributed by atoms with Crippen molar-refractivity contribution in [1.29, 1.82) is 0 Å². The molecular weight excluding hydrogens is 546 g/mol. The minimum atomic E-state index is -3.81. The summed E-state index contributed by atoms with van der Waals surface area (Å²) >= 11 is 6.10. The molecule has 1 N–H and O–H groups in total. The Morgan fingerprint density at radius 1 is 0.900 bits per heavy atom. The molecule has 0 spiro atoms. The lowest BCUT2D eigenvalue weighted by atomic mass is 10.0. The van der Waals surface area contributed by atoms with E-state index in [2.05, 4.69) is 5.32 Å². The Balaban J connectivity index is 2.05. The lowest BCUT2D eigenvalue weighted by Gasteiger charge is -2.34. The molecular formula is C31H38ClN3O4S. The van der Waals surface area contributed by atoms with Gasteiger partial charge in [-0.3, -0.25) is 13.9 Å². The Morgan fingerprint density at radius 3 is 2.17 bits per heavy atom. The number of carbonyl (C=O) groups excluding carboxylic acids is 2. The Labute approximate surface area is 243 Å². The first-order valence-corrected chi connectivity index (χ1v) is 15.8. The van der Waals surface area contributed by atoms with Crippen LogP contribution in [-0.2, 0) is 39.0 Å². The number of rotatable bonds is 14. The number of para-hydroxylation sites is 1. The lowest BCUT2D eigenvalue weighted by Crippen LogP contribution is -2.53. The highest BCUT2D eigenvalue weighted by Crippen LogP contribution is 2.25. The van der Waals surface area contributed by atoms with E-state index in [0.29, 0.717) is 23.7 Å². The van der Waals surface area contributed by atoms with Crippen LogP contribution in [0.1, 0.15) is 43.4 Å². The summed E-state index contributed by atoms with van der Waals surface area (Å²) in [5, 5.41) is 3.54. The molecule has 3 rings (SSSR count). The molecule has 0 saturated heterocycles. The third kappa shape index (κ3) is 8.83. The van der Waals surface area contributed by atoms with Crippen molar-refractivity contribution in [1.82, 2.24) is 10.2 Å². The molecule has 1 atom stereocenters. The summed E-state index contributed by atoms with van der Waals surface area (Å²) in [6.07, 6.45) is 3.70.